The zero-order valence-corrected chi connectivity index (χ0v) is 17.6. The van der Waals surface area contributed by atoms with Crippen LogP contribution in [0.2, 0.25) is 0 Å². The monoisotopic (exact) mass is 384 g/mol. The van der Waals surface area contributed by atoms with Gasteiger partial charge in [0.05, 0.1) is 12.7 Å². The summed E-state index contributed by atoms with van der Waals surface area (Å²) in [6.45, 7) is 4.24. The largest absolute Gasteiger partial charge is 0.395 e. The van der Waals surface area contributed by atoms with Crippen molar-refractivity contribution in [1.82, 2.24) is 10.6 Å². The lowest BCUT2D eigenvalue weighted by atomic mass is 10.1. The van der Waals surface area contributed by atoms with Gasteiger partial charge in [-0.05, 0) is 32.1 Å². The maximum atomic E-state index is 11.6. The molecule has 0 unspecified atom stereocenters. The van der Waals surface area contributed by atoms with Crippen molar-refractivity contribution in [3.05, 3.63) is 12.2 Å². The molecule has 27 heavy (non-hydrogen) atoms. The number of allylic oxidation sites excluding steroid dienone is 1. The minimum absolute atomic E-state index is 0.122. The normalized spacial score (nSPS) is 12.6. The summed E-state index contributed by atoms with van der Waals surface area (Å²) >= 11 is 0. The second-order valence-corrected chi connectivity index (χ2v) is 7.34. The Morgan fingerprint density at radius 1 is 0.926 bits per heavy atom. The Bertz CT molecular complexity index is 348. The second-order valence-electron chi connectivity index (χ2n) is 7.34. The lowest BCUT2D eigenvalue weighted by Crippen LogP contribution is -2.32. The fourth-order valence-corrected chi connectivity index (χ4v) is 2.96. The zero-order chi connectivity index (χ0) is 20.0. The predicted octanol–water partition coefficient (Wildman–Crippen LogP) is 3.69. The first-order valence-electron chi connectivity index (χ1n) is 11.1. The summed E-state index contributed by atoms with van der Waals surface area (Å²) in [5.41, 5.74) is 0. The third-order valence-corrected chi connectivity index (χ3v) is 4.65. The number of amides is 1. The summed E-state index contributed by atoms with van der Waals surface area (Å²) in [7, 11) is 0. The first-order chi connectivity index (χ1) is 13.2. The Labute approximate surface area is 167 Å². The summed E-state index contributed by atoms with van der Waals surface area (Å²) in [4.78, 5) is 11.6. The number of carbonyl (C=O) groups excluding carboxylic acids is 1. The van der Waals surface area contributed by atoms with E-state index in [9.17, 15) is 9.90 Å². The molecule has 0 saturated carbocycles. The highest BCUT2D eigenvalue weighted by molar-refractivity contribution is 5.75. The van der Waals surface area contributed by atoms with Crippen LogP contribution in [0.1, 0.15) is 90.4 Å². The quantitative estimate of drug-likeness (QED) is 0.191. The highest BCUT2D eigenvalue weighted by Crippen LogP contribution is 2.10. The molecule has 0 rings (SSSR count). The van der Waals surface area contributed by atoms with Gasteiger partial charge in [-0.3, -0.25) is 4.79 Å². The molecule has 5 nitrogen and oxygen atoms in total. The highest BCUT2D eigenvalue weighted by atomic mass is 16.3. The maximum absolute atomic E-state index is 11.6. The van der Waals surface area contributed by atoms with Crippen LogP contribution in [0.25, 0.3) is 0 Å². The second kappa shape index (κ2) is 21.4. The van der Waals surface area contributed by atoms with Crippen molar-refractivity contribution < 1.29 is 15.0 Å². The van der Waals surface area contributed by atoms with Crippen molar-refractivity contribution in [2.24, 2.45) is 0 Å². The third kappa shape index (κ3) is 21.2. The summed E-state index contributed by atoms with van der Waals surface area (Å²) in [5, 5.41) is 24.4. The van der Waals surface area contributed by atoms with Gasteiger partial charge in [0.25, 0.3) is 0 Å². The standard InChI is InChI=1S/C22H44N2O3/c1-2-3-4-11-14-21(26)15-12-9-7-5-6-8-10-13-16-22(27)24-18-17-23-19-20-25/h9,12,21,23,25-26H,2-8,10-11,13-20H2,1H3,(H,24,27)/b12-9-/t21-/m1/s1. The van der Waals surface area contributed by atoms with Gasteiger partial charge in [-0.15, -0.1) is 0 Å². The van der Waals surface area contributed by atoms with E-state index in [2.05, 4.69) is 29.7 Å². The van der Waals surface area contributed by atoms with Crippen molar-refractivity contribution in [3.8, 4) is 0 Å². The molecule has 1 atom stereocenters. The lowest BCUT2D eigenvalue weighted by molar-refractivity contribution is -0.121. The summed E-state index contributed by atoms with van der Waals surface area (Å²) < 4.78 is 0. The fourth-order valence-electron chi connectivity index (χ4n) is 2.96. The fraction of sp³-hybridized carbons (Fsp3) is 0.864. The van der Waals surface area contributed by atoms with E-state index in [1.165, 1.54) is 38.5 Å². The number of rotatable bonds is 20. The smallest absolute Gasteiger partial charge is 0.220 e. The topological polar surface area (TPSA) is 81.6 Å². The van der Waals surface area contributed by atoms with Gasteiger partial charge < -0.3 is 20.8 Å². The van der Waals surface area contributed by atoms with Crippen LogP contribution in [-0.4, -0.2) is 48.5 Å². The van der Waals surface area contributed by atoms with Gasteiger partial charge in [-0.25, -0.2) is 0 Å². The molecule has 0 aromatic carbocycles. The average Bonchev–Trinajstić information content (AvgIpc) is 2.66. The number of unbranched alkanes of at least 4 members (excludes halogenated alkanes) is 8. The van der Waals surface area contributed by atoms with Gasteiger partial charge in [0.1, 0.15) is 0 Å². The van der Waals surface area contributed by atoms with Gasteiger partial charge in [-0.1, -0.05) is 64.0 Å². The molecule has 0 saturated heterocycles. The predicted molar refractivity (Wildman–Crippen MR) is 114 cm³/mol. The van der Waals surface area contributed by atoms with Crippen molar-refractivity contribution in [1.29, 1.82) is 0 Å². The van der Waals surface area contributed by atoms with E-state index in [1.54, 1.807) is 0 Å². The molecule has 4 N–H and O–H groups in total. The van der Waals surface area contributed by atoms with E-state index in [0.29, 0.717) is 26.1 Å². The number of aliphatic hydroxyl groups excluding tert-OH is 2. The molecule has 0 fully saturated rings. The van der Waals surface area contributed by atoms with Gasteiger partial charge >= 0.3 is 0 Å². The molecule has 0 aliphatic heterocycles. The van der Waals surface area contributed by atoms with E-state index in [-0.39, 0.29) is 18.6 Å². The van der Waals surface area contributed by atoms with Crippen molar-refractivity contribution in [2.75, 3.05) is 26.2 Å². The molecule has 0 heterocycles. The minimum atomic E-state index is -0.172. The van der Waals surface area contributed by atoms with Crippen LogP contribution in [0.15, 0.2) is 12.2 Å². The molecule has 5 heteroatoms. The van der Waals surface area contributed by atoms with E-state index < -0.39 is 0 Å². The molecule has 1 amide bonds. The zero-order valence-electron chi connectivity index (χ0n) is 17.6. The van der Waals surface area contributed by atoms with Gasteiger partial charge in [0.2, 0.25) is 5.91 Å². The van der Waals surface area contributed by atoms with Crippen LogP contribution >= 0.6 is 0 Å². The number of carbonyl (C=O) groups is 1. The van der Waals surface area contributed by atoms with Gasteiger partial charge in [0, 0.05) is 26.1 Å². The molecule has 0 aromatic heterocycles. The van der Waals surface area contributed by atoms with Crippen LogP contribution in [0.5, 0.6) is 0 Å². The Kier molecular flexibility index (Phi) is 20.7. The van der Waals surface area contributed by atoms with Crippen LogP contribution in [-0.2, 0) is 4.79 Å². The highest BCUT2D eigenvalue weighted by Gasteiger charge is 2.01. The van der Waals surface area contributed by atoms with Crippen molar-refractivity contribution in [2.45, 2.75) is 96.5 Å². The Balaban J connectivity index is 3.30. The lowest BCUT2D eigenvalue weighted by Gasteiger charge is -2.07. The van der Waals surface area contributed by atoms with Crippen molar-refractivity contribution in [3.63, 3.8) is 0 Å². The maximum Gasteiger partial charge on any atom is 0.220 e. The average molecular weight is 385 g/mol. The van der Waals surface area contributed by atoms with E-state index in [1.807, 2.05) is 0 Å². The molecule has 0 spiro atoms. The van der Waals surface area contributed by atoms with Crippen molar-refractivity contribution >= 4 is 5.91 Å². The van der Waals surface area contributed by atoms with Gasteiger partial charge in [0.15, 0.2) is 0 Å². The number of aliphatic hydroxyl groups is 2. The molecule has 0 bridgehead atoms. The number of hydrogen-bond donors (Lipinski definition) is 4. The Morgan fingerprint density at radius 3 is 2.44 bits per heavy atom. The first-order valence-corrected chi connectivity index (χ1v) is 11.1. The molecular weight excluding hydrogens is 340 g/mol. The molecule has 160 valence electrons. The molecule has 0 aromatic rings. The van der Waals surface area contributed by atoms with E-state index in [0.717, 1.165) is 38.5 Å². The molecule has 0 aliphatic rings. The Hall–Kier alpha value is -0.910. The minimum Gasteiger partial charge on any atom is -0.395 e. The molecular formula is C22H44N2O3. The van der Waals surface area contributed by atoms with Crippen LogP contribution in [0, 0.1) is 0 Å². The summed E-state index contributed by atoms with van der Waals surface area (Å²) in [6.07, 6.45) is 18.1. The van der Waals surface area contributed by atoms with E-state index >= 15 is 0 Å². The Morgan fingerprint density at radius 2 is 1.67 bits per heavy atom. The van der Waals surface area contributed by atoms with Crippen LogP contribution in [0.4, 0.5) is 0 Å². The summed E-state index contributed by atoms with van der Waals surface area (Å²) in [5.74, 6) is 0.122. The van der Waals surface area contributed by atoms with Crippen LogP contribution in [0.3, 0.4) is 0 Å². The van der Waals surface area contributed by atoms with E-state index in [4.69, 9.17) is 5.11 Å². The summed E-state index contributed by atoms with van der Waals surface area (Å²) in [6, 6.07) is 0. The van der Waals surface area contributed by atoms with Crippen LogP contribution < -0.4 is 10.6 Å². The van der Waals surface area contributed by atoms with Gasteiger partial charge in [-0.2, -0.15) is 0 Å². The number of nitrogens with one attached hydrogen (secondary N) is 2. The molecule has 0 aliphatic carbocycles. The first kappa shape index (κ1) is 26.1. The third-order valence-electron chi connectivity index (χ3n) is 4.65. The molecule has 0 radical (unpaired) electrons. The number of hydrogen-bond acceptors (Lipinski definition) is 4. The SMILES string of the molecule is CCCCCC[C@@H](O)C/C=C\CCCCCCCC(=O)NCCNCCO.